The van der Waals surface area contributed by atoms with Gasteiger partial charge in [0.05, 0.1) is 6.61 Å². The van der Waals surface area contributed by atoms with Gasteiger partial charge in [-0.3, -0.25) is 4.79 Å². The third-order valence-electron chi connectivity index (χ3n) is 6.59. The number of esters is 1. The van der Waals surface area contributed by atoms with Crippen LogP contribution in [0.5, 0.6) is 11.5 Å². The molecule has 0 saturated heterocycles. The Bertz CT molecular complexity index is 829. The van der Waals surface area contributed by atoms with Crippen LogP contribution in [0.4, 0.5) is 0 Å². The third-order valence-corrected chi connectivity index (χ3v) is 8.02. The molecule has 0 radical (unpaired) electrons. The highest BCUT2D eigenvalue weighted by atomic mass is 79.9. The molecule has 0 amide bonds. The molecule has 0 N–H and O–H groups in total. The predicted octanol–water partition coefficient (Wildman–Crippen LogP) is 10.1. The quantitative estimate of drug-likeness (QED) is 0.0743. The molecule has 2 rings (SSSR count). The van der Waals surface area contributed by atoms with Gasteiger partial charge in [0.2, 0.25) is 0 Å². The Hall–Kier alpha value is -1.81. The lowest BCUT2D eigenvalue weighted by Gasteiger charge is -2.13. The maximum absolute atomic E-state index is 12.1. The molecule has 0 fully saturated rings. The fourth-order valence-electron chi connectivity index (χ4n) is 4.21. The first kappa shape index (κ1) is 30.4. The zero-order valence-corrected chi connectivity index (χ0v) is 24.4. The smallest absolute Gasteiger partial charge is 0.325 e. The Kier molecular flexibility index (Phi) is 15.6. The van der Waals surface area contributed by atoms with E-state index in [0.29, 0.717) is 5.75 Å². The van der Waals surface area contributed by atoms with Gasteiger partial charge in [-0.05, 0) is 47.7 Å². The van der Waals surface area contributed by atoms with Gasteiger partial charge in [0.25, 0.3) is 0 Å². The second kappa shape index (κ2) is 18.4. The first-order valence-corrected chi connectivity index (χ1v) is 15.1. The number of rotatable bonds is 19. The fourth-order valence-corrected chi connectivity index (χ4v) is 4.31. The summed E-state index contributed by atoms with van der Waals surface area (Å²) in [7, 11) is 0. The number of carbonyl (C=O) groups excluding carboxylic acids is 1. The molecule has 0 saturated carbocycles. The van der Waals surface area contributed by atoms with Crippen molar-refractivity contribution in [2.75, 3.05) is 6.61 Å². The number of hydrogen-bond acceptors (Lipinski definition) is 3. The minimum atomic E-state index is -0.301. The van der Waals surface area contributed by atoms with E-state index >= 15 is 0 Å². The van der Waals surface area contributed by atoms with Crippen LogP contribution in [-0.4, -0.2) is 17.4 Å². The zero-order valence-electron chi connectivity index (χ0n) is 22.8. The molecule has 1 atom stereocenters. The van der Waals surface area contributed by atoms with Crippen molar-refractivity contribution in [2.45, 2.75) is 109 Å². The summed E-state index contributed by atoms with van der Waals surface area (Å²) in [5, 5.41) is 0. The fraction of sp³-hybridized carbons (Fsp3) is 0.594. The monoisotopic (exact) mass is 558 g/mol. The molecule has 2 aromatic carbocycles. The van der Waals surface area contributed by atoms with Crippen molar-refractivity contribution >= 4 is 21.9 Å². The number of alkyl halides is 1. The Morgan fingerprint density at radius 2 is 1.08 bits per heavy atom. The van der Waals surface area contributed by atoms with Gasteiger partial charge in [0.1, 0.15) is 16.3 Å². The van der Waals surface area contributed by atoms with Crippen molar-refractivity contribution in [2.24, 2.45) is 5.92 Å². The average Bonchev–Trinajstić information content (AvgIpc) is 2.89. The molecule has 0 heterocycles. The highest BCUT2D eigenvalue weighted by molar-refractivity contribution is 9.10. The number of ether oxygens (including phenoxy) is 2. The average molecular weight is 560 g/mol. The Balaban J connectivity index is 1.56. The standard InChI is InChI=1S/C32H47BrO3/c1-4-5-6-7-8-9-10-11-12-13-14-15-16-25-35-29-21-17-27(18-22-29)28-19-23-30(24-20-28)36-32(34)31(33)26(2)3/h17-24,26,31H,4-16,25H2,1-3H3. The van der Waals surface area contributed by atoms with Crippen LogP contribution in [0.25, 0.3) is 11.1 Å². The summed E-state index contributed by atoms with van der Waals surface area (Å²) in [5.41, 5.74) is 2.19. The third kappa shape index (κ3) is 12.4. The van der Waals surface area contributed by atoms with Gasteiger partial charge in [-0.15, -0.1) is 0 Å². The molecule has 0 aliphatic carbocycles. The molecule has 3 nitrogen and oxygen atoms in total. The van der Waals surface area contributed by atoms with Gasteiger partial charge in [0, 0.05) is 0 Å². The highest BCUT2D eigenvalue weighted by Gasteiger charge is 2.20. The van der Waals surface area contributed by atoms with E-state index in [1.807, 2.05) is 50.2 Å². The van der Waals surface area contributed by atoms with E-state index in [0.717, 1.165) is 29.9 Å². The normalized spacial score (nSPS) is 12.0. The summed E-state index contributed by atoms with van der Waals surface area (Å²) in [6.45, 7) is 7.02. The second-order valence-electron chi connectivity index (χ2n) is 10.2. The summed E-state index contributed by atoms with van der Waals surface area (Å²) in [5.74, 6) is 1.40. The number of unbranched alkanes of at least 4 members (excludes halogenated alkanes) is 12. The van der Waals surface area contributed by atoms with E-state index in [4.69, 9.17) is 9.47 Å². The van der Waals surface area contributed by atoms with E-state index in [1.165, 1.54) is 77.0 Å². The van der Waals surface area contributed by atoms with E-state index in [2.05, 4.69) is 35.0 Å². The van der Waals surface area contributed by atoms with Gasteiger partial charge in [-0.25, -0.2) is 0 Å². The molecule has 200 valence electrons. The summed E-state index contributed by atoms with van der Waals surface area (Å²) < 4.78 is 11.4. The molecule has 0 aromatic heterocycles. The maximum Gasteiger partial charge on any atom is 0.325 e. The maximum atomic E-state index is 12.1. The van der Waals surface area contributed by atoms with Crippen molar-refractivity contribution < 1.29 is 14.3 Å². The van der Waals surface area contributed by atoms with Crippen molar-refractivity contribution in [3.05, 3.63) is 48.5 Å². The van der Waals surface area contributed by atoms with E-state index < -0.39 is 0 Å². The minimum Gasteiger partial charge on any atom is -0.494 e. The first-order chi connectivity index (χ1) is 17.5. The zero-order chi connectivity index (χ0) is 26.0. The van der Waals surface area contributed by atoms with Crippen LogP contribution in [0.3, 0.4) is 0 Å². The molecule has 4 heteroatoms. The molecule has 0 spiro atoms. The van der Waals surface area contributed by atoms with E-state index in [1.54, 1.807) is 0 Å². The Morgan fingerprint density at radius 3 is 1.53 bits per heavy atom. The molecular formula is C32H47BrO3. The molecular weight excluding hydrogens is 512 g/mol. The molecule has 0 aliphatic heterocycles. The lowest BCUT2D eigenvalue weighted by Crippen LogP contribution is -2.24. The lowest BCUT2D eigenvalue weighted by atomic mass is 10.0. The molecule has 1 unspecified atom stereocenters. The van der Waals surface area contributed by atoms with Crippen LogP contribution in [0.1, 0.15) is 104 Å². The van der Waals surface area contributed by atoms with Crippen LogP contribution in [0, 0.1) is 5.92 Å². The van der Waals surface area contributed by atoms with Crippen LogP contribution in [-0.2, 0) is 4.79 Å². The van der Waals surface area contributed by atoms with Gasteiger partial charge in [0.15, 0.2) is 0 Å². The van der Waals surface area contributed by atoms with E-state index in [-0.39, 0.29) is 16.7 Å². The van der Waals surface area contributed by atoms with Gasteiger partial charge >= 0.3 is 5.97 Å². The predicted molar refractivity (Wildman–Crippen MR) is 156 cm³/mol. The lowest BCUT2D eigenvalue weighted by molar-refractivity contribution is -0.134. The van der Waals surface area contributed by atoms with Crippen LogP contribution >= 0.6 is 15.9 Å². The van der Waals surface area contributed by atoms with E-state index in [9.17, 15) is 4.79 Å². The highest BCUT2D eigenvalue weighted by Crippen LogP contribution is 2.26. The van der Waals surface area contributed by atoms with Crippen molar-refractivity contribution in [3.63, 3.8) is 0 Å². The molecule has 36 heavy (non-hydrogen) atoms. The number of halogens is 1. The van der Waals surface area contributed by atoms with Crippen LogP contribution in [0.2, 0.25) is 0 Å². The van der Waals surface area contributed by atoms with Crippen molar-refractivity contribution in [1.29, 1.82) is 0 Å². The first-order valence-electron chi connectivity index (χ1n) is 14.2. The Morgan fingerprint density at radius 1 is 0.667 bits per heavy atom. The summed E-state index contributed by atoms with van der Waals surface area (Å²) in [4.78, 5) is 11.8. The van der Waals surface area contributed by atoms with Crippen molar-refractivity contribution in [3.8, 4) is 22.6 Å². The van der Waals surface area contributed by atoms with Crippen molar-refractivity contribution in [1.82, 2.24) is 0 Å². The van der Waals surface area contributed by atoms with Crippen LogP contribution in [0.15, 0.2) is 48.5 Å². The minimum absolute atomic E-state index is 0.182. The Labute approximate surface area is 228 Å². The molecule has 2 aromatic rings. The summed E-state index contributed by atoms with van der Waals surface area (Å²) in [6, 6.07) is 15.8. The summed E-state index contributed by atoms with van der Waals surface area (Å²) in [6.07, 6.45) is 17.7. The second-order valence-corrected chi connectivity index (χ2v) is 11.2. The topological polar surface area (TPSA) is 35.5 Å². The van der Waals surface area contributed by atoms with Gasteiger partial charge in [-0.1, -0.05) is 138 Å². The molecule has 0 bridgehead atoms. The van der Waals surface area contributed by atoms with Crippen LogP contribution < -0.4 is 9.47 Å². The number of carbonyl (C=O) groups is 1. The largest absolute Gasteiger partial charge is 0.494 e. The number of benzene rings is 2. The molecule has 0 aliphatic rings. The summed E-state index contributed by atoms with van der Waals surface area (Å²) >= 11 is 3.39. The van der Waals surface area contributed by atoms with Gasteiger partial charge < -0.3 is 9.47 Å². The SMILES string of the molecule is CCCCCCCCCCCCCCCOc1ccc(-c2ccc(OC(=O)C(Br)C(C)C)cc2)cc1. The van der Waals surface area contributed by atoms with Gasteiger partial charge in [-0.2, -0.15) is 0 Å². The number of hydrogen-bond donors (Lipinski definition) is 0.